The molecule has 1 aliphatic rings. The molecule has 2 aromatic heterocycles. The molecule has 0 atom stereocenters. The van der Waals surface area contributed by atoms with Gasteiger partial charge in [0, 0.05) is 36.3 Å². The molecule has 3 aromatic rings. The number of nitrogens with zero attached hydrogens (tertiary/aromatic N) is 3. The first kappa shape index (κ1) is 16.8. The van der Waals surface area contributed by atoms with Gasteiger partial charge in [-0.2, -0.15) is 0 Å². The van der Waals surface area contributed by atoms with Gasteiger partial charge in [-0.05, 0) is 44.9 Å². The molecule has 1 N–H and O–H groups in total. The van der Waals surface area contributed by atoms with Crippen LogP contribution in [0.3, 0.4) is 0 Å². The minimum Gasteiger partial charge on any atom is -0.361 e. The number of rotatable bonds is 4. The number of hydrogen-bond acceptors (Lipinski definition) is 6. The van der Waals surface area contributed by atoms with Gasteiger partial charge in [0.1, 0.15) is 5.76 Å². The number of anilines is 1. The van der Waals surface area contributed by atoms with E-state index in [0.29, 0.717) is 6.04 Å². The van der Waals surface area contributed by atoms with Gasteiger partial charge in [0.05, 0.1) is 15.9 Å². The first-order valence-electron chi connectivity index (χ1n) is 8.56. The van der Waals surface area contributed by atoms with Crippen LogP contribution in [0.1, 0.15) is 29.9 Å². The maximum Gasteiger partial charge on any atom is 0.186 e. The molecule has 0 amide bonds. The van der Waals surface area contributed by atoms with Gasteiger partial charge in [0.25, 0.3) is 0 Å². The van der Waals surface area contributed by atoms with Crippen molar-refractivity contribution in [2.75, 3.05) is 18.0 Å². The van der Waals surface area contributed by atoms with E-state index in [1.54, 1.807) is 11.3 Å². The Bertz CT molecular complexity index is 863. The molecule has 7 heteroatoms. The van der Waals surface area contributed by atoms with Crippen molar-refractivity contribution in [2.45, 2.75) is 39.3 Å². The van der Waals surface area contributed by atoms with E-state index in [0.717, 1.165) is 64.3 Å². The van der Waals surface area contributed by atoms with E-state index in [2.05, 4.69) is 15.4 Å². The first-order chi connectivity index (χ1) is 12.1. The Morgan fingerprint density at radius 3 is 2.84 bits per heavy atom. The molecule has 1 saturated heterocycles. The number of aromatic nitrogens is 2. The third kappa shape index (κ3) is 3.52. The minimum atomic E-state index is 0.522. The number of nitrogens with one attached hydrogen (secondary N) is 1. The zero-order chi connectivity index (χ0) is 17.4. The van der Waals surface area contributed by atoms with Gasteiger partial charge < -0.3 is 14.7 Å². The standard InChI is InChI=1S/C18H21ClN4OS/c1-11-15(12(2)24-22-11)10-20-14-5-7-23(8-6-14)18-21-16-4-3-13(19)9-17(16)25-18/h3-4,9,14,20H,5-8,10H2,1-2H3. The van der Waals surface area contributed by atoms with Crippen LogP contribution in [0, 0.1) is 13.8 Å². The highest BCUT2D eigenvalue weighted by atomic mass is 35.5. The van der Waals surface area contributed by atoms with Crippen LogP contribution in [0.4, 0.5) is 5.13 Å². The summed E-state index contributed by atoms with van der Waals surface area (Å²) in [6, 6.07) is 6.41. The lowest BCUT2D eigenvalue weighted by atomic mass is 10.0. The van der Waals surface area contributed by atoms with Crippen LogP contribution >= 0.6 is 22.9 Å². The van der Waals surface area contributed by atoms with Crippen LogP contribution in [-0.2, 0) is 6.54 Å². The number of thiazole rings is 1. The molecule has 0 unspecified atom stereocenters. The average Bonchev–Trinajstić information content (AvgIpc) is 3.17. The monoisotopic (exact) mass is 376 g/mol. The van der Waals surface area contributed by atoms with Crippen molar-refractivity contribution in [3.05, 3.63) is 40.2 Å². The lowest BCUT2D eigenvalue weighted by Crippen LogP contribution is -2.42. The van der Waals surface area contributed by atoms with Crippen LogP contribution in [0.25, 0.3) is 10.2 Å². The van der Waals surface area contributed by atoms with Crippen LogP contribution in [0.15, 0.2) is 22.7 Å². The molecule has 5 nitrogen and oxygen atoms in total. The molecule has 3 heterocycles. The van der Waals surface area contributed by atoms with Gasteiger partial charge in [0.15, 0.2) is 5.13 Å². The van der Waals surface area contributed by atoms with E-state index in [9.17, 15) is 0 Å². The Hall–Kier alpha value is -1.63. The SMILES string of the molecule is Cc1noc(C)c1CNC1CCN(c2nc3ccc(Cl)cc3s2)CC1. The number of halogens is 1. The Labute approximate surface area is 156 Å². The fourth-order valence-electron chi connectivity index (χ4n) is 3.30. The molecule has 1 fully saturated rings. The lowest BCUT2D eigenvalue weighted by molar-refractivity contribution is 0.388. The molecule has 4 rings (SSSR count). The summed E-state index contributed by atoms with van der Waals surface area (Å²) >= 11 is 7.80. The fraction of sp³-hybridized carbons (Fsp3) is 0.444. The molecule has 0 aliphatic carbocycles. The van der Waals surface area contributed by atoms with Crippen LogP contribution in [-0.4, -0.2) is 29.3 Å². The van der Waals surface area contributed by atoms with E-state index in [1.165, 1.54) is 5.56 Å². The summed E-state index contributed by atoms with van der Waals surface area (Å²) in [7, 11) is 0. The highest BCUT2D eigenvalue weighted by Gasteiger charge is 2.22. The number of aryl methyl sites for hydroxylation is 2. The second kappa shape index (κ2) is 6.94. The van der Waals surface area contributed by atoms with Crippen molar-refractivity contribution in [3.63, 3.8) is 0 Å². The van der Waals surface area contributed by atoms with Gasteiger partial charge in [-0.25, -0.2) is 4.98 Å². The first-order valence-corrected chi connectivity index (χ1v) is 9.76. The summed E-state index contributed by atoms with van der Waals surface area (Å²) < 4.78 is 6.39. The molecule has 0 radical (unpaired) electrons. The molecule has 132 valence electrons. The van der Waals surface area contributed by atoms with E-state index < -0.39 is 0 Å². The summed E-state index contributed by atoms with van der Waals surface area (Å²) in [4.78, 5) is 7.14. The quantitative estimate of drug-likeness (QED) is 0.735. The minimum absolute atomic E-state index is 0.522. The van der Waals surface area contributed by atoms with E-state index in [4.69, 9.17) is 21.1 Å². The molecule has 25 heavy (non-hydrogen) atoms. The predicted molar refractivity (Wildman–Crippen MR) is 103 cm³/mol. The predicted octanol–water partition coefficient (Wildman–Crippen LogP) is 4.31. The number of hydrogen-bond donors (Lipinski definition) is 1. The highest BCUT2D eigenvalue weighted by Crippen LogP contribution is 2.32. The Balaban J connectivity index is 1.36. The molecule has 0 saturated carbocycles. The maximum atomic E-state index is 6.08. The molecule has 0 spiro atoms. The summed E-state index contributed by atoms with van der Waals surface area (Å²) in [6.07, 6.45) is 2.22. The molecular formula is C18H21ClN4OS. The van der Waals surface area contributed by atoms with Crippen molar-refractivity contribution >= 4 is 38.3 Å². The Kier molecular flexibility index (Phi) is 4.67. The second-order valence-electron chi connectivity index (χ2n) is 6.55. The zero-order valence-electron chi connectivity index (χ0n) is 14.4. The topological polar surface area (TPSA) is 54.2 Å². The van der Waals surface area contributed by atoms with E-state index in [1.807, 2.05) is 32.0 Å². The fourth-order valence-corrected chi connectivity index (χ4v) is 4.59. The summed E-state index contributed by atoms with van der Waals surface area (Å²) in [5.74, 6) is 0.913. The average molecular weight is 377 g/mol. The van der Waals surface area contributed by atoms with Crippen molar-refractivity contribution in [3.8, 4) is 0 Å². The van der Waals surface area contributed by atoms with Gasteiger partial charge >= 0.3 is 0 Å². The van der Waals surface area contributed by atoms with E-state index >= 15 is 0 Å². The summed E-state index contributed by atoms with van der Waals surface area (Å²) in [6.45, 7) is 6.83. The normalized spacial score (nSPS) is 16.0. The second-order valence-corrected chi connectivity index (χ2v) is 8.00. The van der Waals surface area contributed by atoms with Gasteiger partial charge in [-0.1, -0.05) is 28.1 Å². The van der Waals surface area contributed by atoms with Crippen LogP contribution in [0.5, 0.6) is 0 Å². The van der Waals surface area contributed by atoms with Crippen molar-refractivity contribution in [1.82, 2.24) is 15.5 Å². The molecule has 1 aromatic carbocycles. The van der Waals surface area contributed by atoms with Crippen molar-refractivity contribution in [2.24, 2.45) is 0 Å². The lowest BCUT2D eigenvalue weighted by Gasteiger charge is -2.32. The van der Waals surface area contributed by atoms with Crippen molar-refractivity contribution < 1.29 is 4.52 Å². The number of piperidine rings is 1. The summed E-state index contributed by atoms with van der Waals surface area (Å²) in [5, 5.41) is 9.54. The van der Waals surface area contributed by atoms with Gasteiger partial charge in [0.2, 0.25) is 0 Å². The van der Waals surface area contributed by atoms with Crippen LogP contribution in [0.2, 0.25) is 5.02 Å². The van der Waals surface area contributed by atoms with E-state index in [-0.39, 0.29) is 0 Å². The molecule has 1 aliphatic heterocycles. The number of benzene rings is 1. The summed E-state index contributed by atoms with van der Waals surface area (Å²) in [5.41, 5.74) is 3.20. The molecular weight excluding hydrogens is 356 g/mol. The highest BCUT2D eigenvalue weighted by molar-refractivity contribution is 7.22. The Morgan fingerprint density at radius 1 is 1.32 bits per heavy atom. The third-order valence-corrected chi connectivity index (χ3v) is 6.17. The maximum absolute atomic E-state index is 6.08. The van der Waals surface area contributed by atoms with Crippen LogP contribution < -0.4 is 10.2 Å². The largest absolute Gasteiger partial charge is 0.361 e. The molecule has 0 bridgehead atoms. The zero-order valence-corrected chi connectivity index (χ0v) is 16.0. The third-order valence-electron chi connectivity index (χ3n) is 4.85. The Morgan fingerprint density at radius 2 is 2.12 bits per heavy atom. The van der Waals surface area contributed by atoms with Gasteiger partial charge in [-0.15, -0.1) is 0 Å². The smallest absolute Gasteiger partial charge is 0.186 e. The van der Waals surface area contributed by atoms with Gasteiger partial charge in [-0.3, -0.25) is 0 Å². The number of fused-ring (bicyclic) bond motifs is 1. The van der Waals surface area contributed by atoms with Crippen molar-refractivity contribution in [1.29, 1.82) is 0 Å².